The van der Waals surface area contributed by atoms with Crippen LogP contribution in [0.5, 0.6) is 0 Å². The summed E-state index contributed by atoms with van der Waals surface area (Å²) < 4.78 is 0. The lowest BCUT2D eigenvalue weighted by atomic mass is 9.93. The number of imide groups is 2. The summed E-state index contributed by atoms with van der Waals surface area (Å²) in [6.45, 7) is 3.78. The summed E-state index contributed by atoms with van der Waals surface area (Å²) in [6, 6.07) is 0. The molecule has 0 saturated heterocycles. The average molecular weight is 290 g/mol. The lowest BCUT2D eigenvalue weighted by molar-refractivity contribution is -0.165. The predicted octanol–water partition coefficient (Wildman–Crippen LogP) is 1.13. The van der Waals surface area contributed by atoms with E-state index in [0.29, 0.717) is 25.7 Å². The zero-order chi connectivity index (χ0) is 15.6. The SMILES string of the molecule is CCCC(CCC)(N1C(=O)C=CC1=O)N1C(=O)C=CC1=O. The third-order valence-electron chi connectivity index (χ3n) is 3.75. The minimum absolute atomic E-state index is 0.374. The maximum Gasteiger partial charge on any atom is 0.255 e. The first-order chi connectivity index (χ1) is 9.97. The highest BCUT2D eigenvalue weighted by atomic mass is 16.2. The Morgan fingerprint density at radius 2 is 1.00 bits per heavy atom. The molecule has 2 aliphatic rings. The van der Waals surface area contributed by atoms with Gasteiger partial charge in [-0.15, -0.1) is 0 Å². The van der Waals surface area contributed by atoms with Crippen molar-refractivity contribution in [2.75, 3.05) is 0 Å². The second kappa shape index (κ2) is 5.63. The van der Waals surface area contributed by atoms with Crippen molar-refractivity contribution in [1.29, 1.82) is 0 Å². The van der Waals surface area contributed by atoms with Crippen molar-refractivity contribution < 1.29 is 19.2 Å². The molecular weight excluding hydrogens is 272 g/mol. The molecule has 0 bridgehead atoms. The lowest BCUT2D eigenvalue weighted by Crippen LogP contribution is -2.64. The third kappa shape index (κ3) is 2.30. The smallest absolute Gasteiger partial charge is 0.255 e. The molecule has 6 nitrogen and oxygen atoms in total. The summed E-state index contributed by atoms with van der Waals surface area (Å²) in [5.74, 6) is -1.91. The third-order valence-corrected chi connectivity index (χ3v) is 3.75. The van der Waals surface area contributed by atoms with E-state index in [0.717, 1.165) is 9.80 Å². The van der Waals surface area contributed by atoms with Crippen LogP contribution in [0.1, 0.15) is 39.5 Å². The van der Waals surface area contributed by atoms with E-state index in [9.17, 15) is 19.2 Å². The molecule has 0 aromatic rings. The van der Waals surface area contributed by atoms with Crippen molar-refractivity contribution >= 4 is 23.6 Å². The highest BCUT2D eigenvalue weighted by Gasteiger charge is 2.52. The first-order valence-corrected chi connectivity index (χ1v) is 7.10. The van der Waals surface area contributed by atoms with Crippen LogP contribution in [0.15, 0.2) is 24.3 Å². The van der Waals surface area contributed by atoms with E-state index in [1.165, 1.54) is 24.3 Å². The molecule has 6 heteroatoms. The Morgan fingerprint density at radius 3 is 1.24 bits per heavy atom. The normalized spacial score (nSPS) is 18.6. The van der Waals surface area contributed by atoms with Gasteiger partial charge >= 0.3 is 0 Å². The largest absolute Gasteiger partial charge is 0.269 e. The van der Waals surface area contributed by atoms with Gasteiger partial charge in [-0.25, -0.2) is 0 Å². The van der Waals surface area contributed by atoms with Gasteiger partial charge in [0.25, 0.3) is 23.6 Å². The molecule has 0 saturated carbocycles. The molecule has 2 rings (SSSR count). The number of rotatable bonds is 6. The van der Waals surface area contributed by atoms with E-state index in [-0.39, 0.29) is 0 Å². The molecule has 0 atom stereocenters. The molecule has 4 amide bonds. The summed E-state index contributed by atoms with van der Waals surface area (Å²) in [6.07, 6.45) is 6.74. The molecule has 0 spiro atoms. The fourth-order valence-corrected chi connectivity index (χ4v) is 3.09. The maximum atomic E-state index is 12.1. The Balaban J connectivity index is 2.52. The van der Waals surface area contributed by atoms with E-state index in [4.69, 9.17) is 0 Å². The van der Waals surface area contributed by atoms with Crippen LogP contribution in [0.3, 0.4) is 0 Å². The summed E-state index contributed by atoms with van der Waals surface area (Å²) in [5, 5.41) is 0. The first kappa shape index (κ1) is 15.2. The standard InChI is InChI=1S/C15H18N2O4/c1-3-9-15(10-4-2,16-11(18)5-6-12(16)19)17-13(20)7-8-14(17)21/h5-8H,3-4,9-10H2,1-2H3. The number of amides is 4. The summed E-state index contributed by atoms with van der Waals surface area (Å²) in [7, 11) is 0. The second-order valence-corrected chi connectivity index (χ2v) is 5.17. The molecule has 21 heavy (non-hydrogen) atoms. The highest BCUT2D eigenvalue weighted by Crippen LogP contribution is 2.35. The van der Waals surface area contributed by atoms with Crippen LogP contribution < -0.4 is 0 Å². The van der Waals surface area contributed by atoms with E-state index in [2.05, 4.69) is 0 Å². The van der Waals surface area contributed by atoms with Crippen LogP contribution in [0.2, 0.25) is 0 Å². The van der Waals surface area contributed by atoms with Gasteiger partial charge in [-0.1, -0.05) is 26.7 Å². The number of carbonyl (C=O) groups excluding carboxylic acids is 4. The number of hydrogen-bond acceptors (Lipinski definition) is 4. The van der Waals surface area contributed by atoms with Crippen LogP contribution in [0, 0.1) is 0 Å². The van der Waals surface area contributed by atoms with Gasteiger partial charge in [0.15, 0.2) is 0 Å². The minimum atomic E-state index is -1.21. The van der Waals surface area contributed by atoms with E-state index >= 15 is 0 Å². The van der Waals surface area contributed by atoms with Crippen LogP contribution >= 0.6 is 0 Å². The molecule has 0 radical (unpaired) electrons. The molecule has 2 aliphatic heterocycles. The Bertz CT molecular complexity index is 476. The molecule has 0 aromatic carbocycles. The highest BCUT2D eigenvalue weighted by molar-refractivity contribution is 6.17. The van der Waals surface area contributed by atoms with E-state index < -0.39 is 29.3 Å². The number of carbonyl (C=O) groups is 4. The zero-order valence-electron chi connectivity index (χ0n) is 12.2. The van der Waals surface area contributed by atoms with Crippen molar-refractivity contribution in [3.63, 3.8) is 0 Å². The Morgan fingerprint density at radius 1 is 0.714 bits per heavy atom. The molecular formula is C15H18N2O4. The van der Waals surface area contributed by atoms with Gasteiger partial charge in [0, 0.05) is 24.3 Å². The van der Waals surface area contributed by atoms with E-state index in [1.54, 1.807) is 0 Å². The maximum absolute atomic E-state index is 12.1. The lowest BCUT2D eigenvalue weighted by Gasteiger charge is -2.45. The fraction of sp³-hybridized carbons (Fsp3) is 0.467. The topological polar surface area (TPSA) is 74.8 Å². The molecule has 0 aromatic heterocycles. The van der Waals surface area contributed by atoms with Crippen LogP contribution in [0.25, 0.3) is 0 Å². The van der Waals surface area contributed by atoms with Crippen LogP contribution in [-0.2, 0) is 19.2 Å². The number of hydrogen-bond donors (Lipinski definition) is 0. The molecule has 0 fully saturated rings. The van der Waals surface area contributed by atoms with Crippen molar-refractivity contribution in [2.45, 2.75) is 45.2 Å². The average Bonchev–Trinajstić information content (AvgIpc) is 2.93. The Kier molecular flexibility index (Phi) is 4.06. The van der Waals surface area contributed by atoms with Crippen molar-refractivity contribution in [3.8, 4) is 0 Å². The van der Waals surface area contributed by atoms with Gasteiger partial charge in [-0.05, 0) is 12.8 Å². The summed E-state index contributed by atoms with van der Waals surface area (Å²) >= 11 is 0. The predicted molar refractivity (Wildman–Crippen MR) is 74.5 cm³/mol. The molecule has 2 heterocycles. The zero-order valence-corrected chi connectivity index (χ0v) is 12.2. The monoisotopic (exact) mass is 290 g/mol. The Labute approximate surface area is 123 Å². The van der Waals surface area contributed by atoms with Gasteiger partial charge in [0.1, 0.15) is 5.66 Å². The second-order valence-electron chi connectivity index (χ2n) is 5.17. The summed E-state index contributed by atoms with van der Waals surface area (Å²) in [4.78, 5) is 50.5. The molecule has 0 N–H and O–H groups in total. The Hall–Kier alpha value is -2.24. The van der Waals surface area contributed by atoms with Crippen LogP contribution in [-0.4, -0.2) is 39.1 Å². The minimum Gasteiger partial charge on any atom is -0.269 e. The van der Waals surface area contributed by atoms with E-state index in [1.807, 2.05) is 13.8 Å². The molecule has 0 unspecified atom stereocenters. The molecule has 112 valence electrons. The first-order valence-electron chi connectivity index (χ1n) is 7.10. The molecule has 0 aliphatic carbocycles. The van der Waals surface area contributed by atoms with Gasteiger partial charge in [0.2, 0.25) is 0 Å². The van der Waals surface area contributed by atoms with Crippen molar-refractivity contribution in [2.24, 2.45) is 0 Å². The number of nitrogens with zero attached hydrogens (tertiary/aromatic N) is 2. The summed E-state index contributed by atoms with van der Waals surface area (Å²) in [5.41, 5.74) is -1.21. The fourth-order valence-electron chi connectivity index (χ4n) is 3.09. The van der Waals surface area contributed by atoms with Crippen molar-refractivity contribution in [3.05, 3.63) is 24.3 Å². The van der Waals surface area contributed by atoms with Gasteiger partial charge in [0.05, 0.1) is 0 Å². The van der Waals surface area contributed by atoms with Crippen molar-refractivity contribution in [1.82, 2.24) is 9.80 Å². The quantitative estimate of drug-likeness (QED) is 0.687. The van der Waals surface area contributed by atoms with Gasteiger partial charge < -0.3 is 0 Å². The van der Waals surface area contributed by atoms with Crippen LogP contribution in [0.4, 0.5) is 0 Å². The van der Waals surface area contributed by atoms with Gasteiger partial charge in [-0.2, -0.15) is 0 Å². The van der Waals surface area contributed by atoms with Gasteiger partial charge in [-0.3, -0.25) is 29.0 Å².